The third-order valence-electron chi connectivity index (χ3n) is 4.15. The number of aromatic hydroxyl groups is 1. The van der Waals surface area contributed by atoms with Crippen LogP contribution >= 0.6 is 0 Å². The average Bonchev–Trinajstić information content (AvgIpc) is 3.01. The largest absolute Gasteiger partial charge is 0.508 e. The number of nitrogens with two attached hydrogens (primary N) is 1. The Morgan fingerprint density at radius 2 is 1.50 bits per heavy atom. The number of hydrogen-bond donors (Lipinski definition) is 3. The molecule has 0 amide bonds. The number of aromatic nitrogens is 1. The number of H-pyrrole nitrogens is 1. The molecule has 0 spiro atoms. The number of benzene rings is 3. The molecule has 1 unspecified atom stereocenters. The van der Waals surface area contributed by atoms with Crippen molar-refractivity contribution in [3.63, 3.8) is 0 Å². The number of phenols is 1. The van der Waals surface area contributed by atoms with Crippen LogP contribution in [0.15, 0.2) is 66.9 Å². The third kappa shape index (κ3) is 2.12. The predicted molar refractivity (Wildman–Crippen MR) is 89.9 cm³/mol. The van der Waals surface area contributed by atoms with E-state index in [1.807, 2.05) is 36.5 Å². The van der Waals surface area contributed by atoms with Crippen LogP contribution in [0.2, 0.25) is 0 Å². The van der Waals surface area contributed by atoms with Gasteiger partial charge in [0.25, 0.3) is 0 Å². The van der Waals surface area contributed by atoms with Crippen LogP contribution in [-0.2, 0) is 0 Å². The monoisotopic (exact) mass is 288 g/mol. The maximum absolute atomic E-state index is 9.64. The minimum absolute atomic E-state index is 0.195. The molecule has 0 aliphatic carbocycles. The van der Waals surface area contributed by atoms with Gasteiger partial charge >= 0.3 is 0 Å². The quantitative estimate of drug-likeness (QED) is 0.520. The summed E-state index contributed by atoms with van der Waals surface area (Å²) >= 11 is 0. The second-order valence-electron chi connectivity index (χ2n) is 5.59. The Kier molecular flexibility index (Phi) is 2.88. The number of hydrogen-bond acceptors (Lipinski definition) is 2. The molecule has 1 aromatic heterocycles. The first-order valence-corrected chi connectivity index (χ1v) is 7.26. The molecule has 0 saturated carbocycles. The molecule has 0 aliphatic rings. The molecule has 4 rings (SSSR count). The first kappa shape index (κ1) is 12.9. The van der Waals surface area contributed by atoms with Gasteiger partial charge in [-0.15, -0.1) is 0 Å². The second kappa shape index (κ2) is 4.90. The van der Waals surface area contributed by atoms with Gasteiger partial charge in [0.1, 0.15) is 5.75 Å². The number of rotatable bonds is 2. The van der Waals surface area contributed by atoms with Gasteiger partial charge in [-0.05, 0) is 57.6 Å². The normalized spacial score (nSPS) is 12.8. The van der Waals surface area contributed by atoms with Crippen LogP contribution in [0.1, 0.15) is 17.2 Å². The van der Waals surface area contributed by atoms with Gasteiger partial charge in [0.15, 0.2) is 0 Å². The summed E-state index contributed by atoms with van der Waals surface area (Å²) in [6.07, 6.45) is 1.93. The molecule has 3 aromatic carbocycles. The highest BCUT2D eigenvalue weighted by Gasteiger charge is 2.10. The zero-order valence-corrected chi connectivity index (χ0v) is 12.0. The van der Waals surface area contributed by atoms with Crippen molar-refractivity contribution in [3.8, 4) is 5.75 Å². The van der Waals surface area contributed by atoms with Gasteiger partial charge in [0, 0.05) is 11.7 Å². The number of nitrogens with one attached hydrogen (secondary N) is 1. The van der Waals surface area contributed by atoms with Crippen LogP contribution in [0.5, 0.6) is 5.75 Å². The lowest BCUT2D eigenvalue weighted by atomic mass is 9.96. The summed E-state index contributed by atoms with van der Waals surface area (Å²) in [5, 5.41) is 12.9. The van der Waals surface area contributed by atoms with Crippen LogP contribution in [0, 0.1) is 0 Å². The van der Waals surface area contributed by atoms with Crippen molar-refractivity contribution in [1.29, 1.82) is 0 Å². The van der Waals surface area contributed by atoms with Crippen molar-refractivity contribution in [3.05, 3.63) is 78.0 Å². The van der Waals surface area contributed by atoms with Crippen LogP contribution in [0.25, 0.3) is 21.7 Å². The van der Waals surface area contributed by atoms with Crippen molar-refractivity contribution in [2.75, 3.05) is 0 Å². The molecule has 4 N–H and O–H groups in total. The van der Waals surface area contributed by atoms with E-state index in [-0.39, 0.29) is 11.8 Å². The summed E-state index contributed by atoms with van der Waals surface area (Å²) in [4.78, 5) is 3.21. The fraction of sp³-hybridized carbons (Fsp3) is 0.0526. The standard InChI is InChI=1S/C19H16N2O/c20-19(15-4-2-13-7-8-21-18(13)11-15)14-3-1-12-5-6-17(22)10-16(12)9-14/h1-11,19,21-22H,20H2. The molecule has 3 nitrogen and oxygen atoms in total. The van der Waals surface area contributed by atoms with E-state index < -0.39 is 0 Å². The van der Waals surface area contributed by atoms with Gasteiger partial charge in [-0.3, -0.25) is 0 Å². The molecular weight excluding hydrogens is 272 g/mol. The zero-order valence-electron chi connectivity index (χ0n) is 12.0. The van der Waals surface area contributed by atoms with E-state index in [0.29, 0.717) is 0 Å². The fourth-order valence-electron chi connectivity index (χ4n) is 2.90. The molecule has 0 bridgehead atoms. The van der Waals surface area contributed by atoms with Crippen LogP contribution in [0.4, 0.5) is 0 Å². The molecular formula is C19H16N2O. The fourth-order valence-corrected chi connectivity index (χ4v) is 2.90. The summed E-state index contributed by atoms with van der Waals surface area (Å²) < 4.78 is 0. The molecule has 22 heavy (non-hydrogen) atoms. The van der Waals surface area contributed by atoms with Crippen LogP contribution in [0.3, 0.4) is 0 Å². The SMILES string of the molecule is NC(c1ccc2ccc(O)cc2c1)c1ccc2cc[nH]c2c1. The topological polar surface area (TPSA) is 62.0 Å². The molecule has 0 aliphatic heterocycles. The van der Waals surface area contributed by atoms with Crippen molar-refractivity contribution < 1.29 is 5.11 Å². The summed E-state index contributed by atoms with van der Waals surface area (Å²) in [6.45, 7) is 0. The van der Waals surface area contributed by atoms with Crippen molar-refractivity contribution in [2.24, 2.45) is 5.73 Å². The second-order valence-corrected chi connectivity index (χ2v) is 5.59. The number of phenolic OH excluding ortho intramolecular Hbond substituents is 1. The van der Waals surface area contributed by atoms with Gasteiger partial charge in [0.2, 0.25) is 0 Å². The van der Waals surface area contributed by atoms with Gasteiger partial charge in [0.05, 0.1) is 6.04 Å². The van der Waals surface area contributed by atoms with Crippen molar-refractivity contribution in [2.45, 2.75) is 6.04 Å². The summed E-state index contributed by atoms with van der Waals surface area (Å²) in [6, 6.07) is 19.6. The minimum Gasteiger partial charge on any atom is -0.508 e. The summed E-state index contributed by atoms with van der Waals surface area (Å²) in [5.74, 6) is 0.269. The van der Waals surface area contributed by atoms with Crippen molar-refractivity contribution >= 4 is 21.7 Å². The lowest BCUT2D eigenvalue weighted by Crippen LogP contribution is -2.11. The number of fused-ring (bicyclic) bond motifs is 2. The highest BCUT2D eigenvalue weighted by molar-refractivity contribution is 5.85. The summed E-state index contributed by atoms with van der Waals surface area (Å²) in [5.41, 5.74) is 9.61. The predicted octanol–water partition coefficient (Wildman–Crippen LogP) is 4.07. The molecule has 1 heterocycles. The van der Waals surface area contributed by atoms with Crippen LogP contribution < -0.4 is 5.73 Å². The third-order valence-corrected chi connectivity index (χ3v) is 4.15. The molecule has 0 saturated heterocycles. The Morgan fingerprint density at radius 3 is 2.36 bits per heavy atom. The molecule has 3 heteroatoms. The smallest absolute Gasteiger partial charge is 0.116 e. The molecule has 0 fully saturated rings. The Bertz CT molecular complexity index is 971. The maximum atomic E-state index is 9.64. The average molecular weight is 288 g/mol. The molecule has 0 radical (unpaired) electrons. The first-order chi connectivity index (χ1) is 10.7. The Labute approximate surface area is 128 Å². The highest BCUT2D eigenvalue weighted by atomic mass is 16.3. The highest BCUT2D eigenvalue weighted by Crippen LogP contribution is 2.27. The van der Waals surface area contributed by atoms with Gasteiger partial charge in [-0.2, -0.15) is 0 Å². The summed E-state index contributed by atoms with van der Waals surface area (Å²) in [7, 11) is 0. The Morgan fingerprint density at radius 1 is 0.773 bits per heavy atom. The van der Waals surface area contributed by atoms with E-state index in [9.17, 15) is 5.11 Å². The van der Waals surface area contributed by atoms with Gasteiger partial charge in [-0.25, -0.2) is 0 Å². The molecule has 1 atom stereocenters. The zero-order chi connectivity index (χ0) is 15.1. The van der Waals surface area contributed by atoms with E-state index >= 15 is 0 Å². The van der Waals surface area contributed by atoms with Crippen molar-refractivity contribution in [1.82, 2.24) is 4.98 Å². The van der Waals surface area contributed by atoms with Gasteiger partial charge in [-0.1, -0.05) is 30.3 Å². The van der Waals surface area contributed by atoms with E-state index in [4.69, 9.17) is 5.73 Å². The number of aromatic amines is 1. The lowest BCUT2D eigenvalue weighted by Gasteiger charge is -2.14. The van der Waals surface area contributed by atoms with E-state index in [0.717, 1.165) is 27.4 Å². The maximum Gasteiger partial charge on any atom is 0.116 e. The van der Waals surface area contributed by atoms with E-state index in [2.05, 4.69) is 23.2 Å². The Hall–Kier alpha value is -2.78. The molecule has 108 valence electrons. The molecule has 4 aromatic rings. The Balaban J connectivity index is 1.79. The van der Waals surface area contributed by atoms with E-state index in [1.54, 1.807) is 12.1 Å². The van der Waals surface area contributed by atoms with Crippen LogP contribution in [-0.4, -0.2) is 10.1 Å². The van der Waals surface area contributed by atoms with Gasteiger partial charge < -0.3 is 15.8 Å². The lowest BCUT2D eigenvalue weighted by molar-refractivity contribution is 0.476. The van der Waals surface area contributed by atoms with E-state index in [1.165, 1.54) is 5.39 Å². The first-order valence-electron chi connectivity index (χ1n) is 7.26. The minimum atomic E-state index is -0.195.